The number of hydrogen-bond donors (Lipinski definition) is 2. The van der Waals surface area contributed by atoms with Gasteiger partial charge in [-0.1, -0.05) is 42.5 Å². The molecule has 0 aliphatic rings. The number of amides is 1. The maximum absolute atomic E-state index is 12.5. The molecule has 0 radical (unpaired) electrons. The van der Waals surface area contributed by atoms with E-state index in [1.165, 1.54) is 0 Å². The molecule has 7 nitrogen and oxygen atoms in total. The highest BCUT2D eigenvalue weighted by Crippen LogP contribution is 2.20. The van der Waals surface area contributed by atoms with Gasteiger partial charge in [0.1, 0.15) is 30.0 Å². The molecule has 0 fully saturated rings. The van der Waals surface area contributed by atoms with Gasteiger partial charge in [-0.25, -0.2) is 0 Å². The van der Waals surface area contributed by atoms with E-state index in [1.807, 2.05) is 36.4 Å². The number of H-pyrrole nitrogens is 1. The van der Waals surface area contributed by atoms with Crippen LogP contribution in [0.3, 0.4) is 0 Å². The molecule has 7 heteroatoms. The minimum Gasteiger partial charge on any atom is -0.489 e. The number of aryl methyl sites for hydroxylation is 1. The third-order valence-corrected chi connectivity index (χ3v) is 5.42. The van der Waals surface area contributed by atoms with Gasteiger partial charge in [0.15, 0.2) is 0 Å². The molecule has 1 aromatic heterocycles. The van der Waals surface area contributed by atoms with Crippen LogP contribution in [0.5, 0.6) is 5.75 Å². The summed E-state index contributed by atoms with van der Waals surface area (Å²) < 4.78 is 5.76. The predicted octanol–water partition coefficient (Wildman–Crippen LogP) is 3.76. The fourth-order valence-electron chi connectivity index (χ4n) is 3.58. The van der Waals surface area contributed by atoms with Gasteiger partial charge in [-0.05, 0) is 54.7 Å². The molecule has 1 atom stereocenters. The summed E-state index contributed by atoms with van der Waals surface area (Å²) in [6.07, 6.45) is 0.467. The molecular formula is C26H24N4O3. The highest BCUT2D eigenvalue weighted by atomic mass is 16.5. The molecule has 0 bridgehead atoms. The number of rotatable bonds is 8. The van der Waals surface area contributed by atoms with E-state index in [0.29, 0.717) is 35.6 Å². The number of nitrogens with zero attached hydrogens (tertiary/aromatic N) is 2. The van der Waals surface area contributed by atoms with E-state index < -0.39 is 11.6 Å². The van der Waals surface area contributed by atoms with Crippen molar-refractivity contribution in [2.45, 2.75) is 39.3 Å². The van der Waals surface area contributed by atoms with Crippen molar-refractivity contribution in [2.75, 3.05) is 0 Å². The highest BCUT2D eigenvalue weighted by Gasteiger charge is 2.17. The number of hydrogen-bond acceptors (Lipinski definition) is 5. The summed E-state index contributed by atoms with van der Waals surface area (Å²) in [5.41, 5.74) is 3.30. The largest absolute Gasteiger partial charge is 0.489 e. The average Bonchev–Trinajstić information content (AvgIpc) is 2.82. The normalized spacial score (nSPS) is 11.2. The number of aromatic nitrogens is 1. The second-order valence-corrected chi connectivity index (χ2v) is 7.64. The molecule has 2 N–H and O–H groups in total. The zero-order valence-corrected chi connectivity index (χ0v) is 18.5. The van der Waals surface area contributed by atoms with E-state index in [9.17, 15) is 20.1 Å². The van der Waals surface area contributed by atoms with Crippen molar-refractivity contribution in [3.8, 4) is 17.9 Å². The molecule has 3 rings (SSSR count). The Balaban J connectivity index is 1.60. The number of aromatic amines is 1. The second-order valence-electron chi connectivity index (χ2n) is 7.64. The molecule has 0 saturated heterocycles. The lowest BCUT2D eigenvalue weighted by Crippen LogP contribution is -2.28. The summed E-state index contributed by atoms with van der Waals surface area (Å²) in [5.74, 6) is 0.373. The van der Waals surface area contributed by atoms with E-state index in [1.54, 1.807) is 38.1 Å². The molecular weight excluding hydrogens is 416 g/mol. The zero-order valence-electron chi connectivity index (χ0n) is 18.5. The zero-order chi connectivity index (χ0) is 23.8. The highest BCUT2D eigenvalue weighted by molar-refractivity contribution is 5.77. The number of benzene rings is 2. The molecule has 2 aromatic carbocycles. The van der Waals surface area contributed by atoms with Gasteiger partial charge in [0.25, 0.3) is 5.56 Å². The van der Waals surface area contributed by atoms with Gasteiger partial charge in [-0.3, -0.25) is 9.59 Å². The molecule has 0 saturated carbocycles. The van der Waals surface area contributed by atoms with Gasteiger partial charge in [-0.15, -0.1) is 0 Å². The van der Waals surface area contributed by atoms with Crippen molar-refractivity contribution < 1.29 is 9.53 Å². The van der Waals surface area contributed by atoms with E-state index in [0.717, 1.165) is 11.1 Å². The van der Waals surface area contributed by atoms with Crippen molar-refractivity contribution >= 4 is 5.91 Å². The standard InChI is InChI=1S/C26H24N4O3/c1-17-22(18(2)29-26(32)23(17)14-27)12-13-25(31)30-24(15-28)20-8-10-21(11-9-20)33-16-19-6-4-3-5-7-19/h3-11,24H,12-13,16H2,1-2H3,(H,29,32)(H,30,31). The van der Waals surface area contributed by atoms with E-state index in [-0.39, 0.29) is 17.9 Å². The predicted molar refractivity (Wildman–Crippen MR) is 123 cm³/mol. The van der Waals surface area contributed by atoms with Crippen LogP contribution in [0.1, 0.15) is 46.0 Å². The molecule has 1 amide bonds. The topological polar surface area (TPSA) is 119 Å². The summed E-state index contributed by atoms with van der Waals surface area (Å²) in [4.78, 5) is 27.0. The maximum Gasteiger partial charge on any atom is 0.266 e. The van der Waals surface area contributed by atoms with Crippen LogP contribution in [0.4, 0.5) is 0 Å². The fourth-order valence-corrected chi connectivity index (χ4v) is 3.58. The Morgan fingerprint density at radius 1 is 1.09 bits per heavy atom. The van der Waals surface area contributed by atoms with Gasteiger partial charge in [0, 0.05) is 12.1 Å². The van der Waals surface area contributed by atoms with Crippen molar-refractivity contribution in [1.29, 1.82) is 10.5 Å². The summed E-state index contributed by atoms with van der Waals surface area (Å²) >= 11 is 0. The average molecular weight is 441 g/mol. The third kappa shape index (κ3) is 5.87. The lowest BCUT2D eigenvalue weighted by atomic mass is 9.99. The molecule has 1 heterocycles. The van der Waals surface area contributed by atoms with Crippen molar-refractivity contribution in [2.24, 2.45) is 0 Å². The number of carbonyl (C=O) groups excluding carboxylic acids is 1. The summed E-state index contributed by atoms with van der Waals surface area (Å²) in [7, 11) is 0. The van der Waals surface area contributed by atoms with Crippen LogP contribution in [-0.2, 0) is 17.8 Å². The Morgan fingerprint density at radius 2 is 1.79 bits per heavy atom. The van der Waals surface area contributed by atoms with E-state index >= 15 is 0 Å². The number of nitriles is 2. The molecule has 33 heavy (non-hydrogen) atoms. The minimum absolute atomic E-state index is 0.0560. The number of ether oxygens (including phenoxy) is 1. The number of nitrogens with one attached hydrogen (secondary N) is 2. The van der Waals surface area contributed by atoms with Crippen molar-refractivity contribution in [3.63, 3.8) is 0 Å². The smallest absolute Gasteiger partial charge is 0.266 e. The van der Waals surface area contributed by atoms with Gasteiger partial charge in [-0.2, -0.15) is 10.5 Å². The first-order chi connectivity index (χ1) is 15.9. The lowest BCUT2D eigenvalue weighted by Gasteiger charge is -2.14. The molecule has 3 aromatic rings. The Labute approximate surface area is 192 Å². The van der Waals surface area contributed by atoms with E-state index in [4.69, 9.17) is 4.74 Å². The summed E-state index contributed by atoms with van der Waals surface area (Å²) in [6, 6.07) is 20.1. The van der Waals surface area contributed by atoms with Crippen LogP contribution >= 0.6 is 0 Å². The van der Waals surface area contributed by atoms with Crippen LogP contribution in [0.2, 0.25) is 0 Å². The lowest BCUT2D eigenvalue weighted by molar-refractivity contribution is -0.121. The van der Waals surface area contributed by atoms with Crippen LogP contribution < -0.4 is 15.6 Å². The van der Waals surface area contributed by atoms with Gasteiger partial charge < -0.3 is 15.0 Å². The Morgan fingerprint density at radius 3 is 2.42 bits per heavy atom. The fraction of sp³-hybridized carbons (Fsp3) is 0.231. The van der Waals surface area contributed by atoms with Crippen LogP contribution in [0.15, 0.2) is 59.4 Å². The van der Waals surface area contributed by atoms with Crippen LogP contribution in [0, 0.1) is 36.5 Å². The SMILES string of the molecule is Cc1[nH]c(=O)c(C#N)c(C)c1CCC(=O)NC(C#N)c1ccc(OCc2ccccc2)cc1. The first kappa shape index (κ1) is 23.3. The molecule has 166 valence electrons. The molecule has 0 aliphatic heterocycles. The first-order valence-electron chi connectivity index (χ1n) is 10.5. The van der Waals surface area contributed by atoms with Gasteiger partial charge in [0.05, 0.1) is 6.07 Å². The molecule has 0 aliphatic carbocycles. The van der Waals surface area contributed by atoms with Crippen LogP contribution in [-0.4, -0.2) is 10.9 Å². The third-order valence-electron chi connectivity index (χ3n) is 5.42. The summed E-state index contributed by atoms with van der Waals surface area (Å²) in [6.45, 7) is 3.88. The monoisotopic (exact) mass is 440 g/mol. The number of carbonyl (C=O) groups is 1. The number of pyridine rings is 1. The van der Waals surface area contributed by atoms with E-state index in [2.05, 4.69) is 16.4 Å². The molecule has 1 unspecified atom stereocenters. The first-order valence-corrected chi connectivity index (χ1v) is 10.5. The van der Waals surface area contributed by atoms with Gasteiger partial charge in [0.2, 0.25) is 5.91 Å². The quantitative estimate of drug-likeness (QED) is 0.553. The second kappa shape index (κ2) is 10.8. The van der Waals surface area contributed by atoms with Crippen LogP contribution in [0.25, 0.3) is 0 Å². The Bertz CT molecular complexity index is 1270. The minimum atomic E-state index is -0.798. The van der Waals surface area contributed by atoms with Crippen molar-refractivity contribution in [3.05, 3.63) is 98.5 Å². The Kier molecular flexibility index (Phi) is 7.62. The Hall–Kier alpha value is -4.36. The maximum atomic E-state index is 12.5. The van der Waals surface area contributed by atoms with Crippen molar-refractivity contribution in [1.82, 2.24) is 10.3 Å². The summed E-state index contributed by atoms with van der Waals surface area (Å²) in [5, 5.41) is 21.5. The van der Waals surface area contributed by atoms with Gasteiger partial charge >= 0.3 is 0 Å². The molecule has 0 spiro atoms.